The van der Waals surface area contributed by atoms with Crippen LogP contribution in [0, 0.1) is 15.9 Å². The fraction of sp³-hybridized carbons (Fsp3) is 0.0588. The van der Waals surface area contributed by atoms with E-state index in [1.807, 2.05) is 0 Å². The summed E-state index contributed by atoms with van der Waals surface area (Å²) in [6.07, 6.45) is 2.37. The summed E-state index contributed by atoms with van der Waals surface area (Å²) >= 11 is 5.59. The molecule has 0 aliphatic carbocycles. The summed E-state index contributed by atoms with van der Waals surface area (Å²) in [4.78, 5) is 33.4. The van der Waals surface area contributed by atoms with Gasteiger partial charge in [0.15, 0.2) is 6.61 Å². The van der Waals surface area contributed by atoms with Gasteiger partial charge < -0.3 is 10.1 Å². The topological polar surface area (TPSA) is 98.5 Å². The van der Waals surface area contributed by atoms with Crippen molar-refractivity contribution in [2.24, 2.45) is 0 Å². The van der Waals surface area contributed by atoms with Gasteiger partial charge >= 0.3 is 5.97 Å². The molecule has 0 saturated carbocycles. The Morgan fingerprint density at radius 2 is 2.04 bits per heavy atom. The summed E-state index contributed by atoms with van der Waals surface area (Å²) < 4.78 is 17.8. The summed E-state index contributed by atoms with van der Waals surface area (Å²) in [6, 6.07) is 9.27. The predicted octanol–water partition coefficient (Wildman–Crippen LogP) is 3.58. The molecule has 1 N–H and O–H groups in total. The number of halogens is 2. The number of rotatable bonds is 6. The highest BCUT2D eigenvalue weighted by Crippen LogP contribution is 2.19. The van der Waals surface area contributed by atoms with E-state index in [4.69, 9.17) is 16.3 Å². The number of ether oxygens (including phenoxy) is 1. The molecule has 2 rings (SSSR count). The first kappa shape index (κ1) is 19.1. The van der Waals surface area contributed by atoms with Gasteiger partial charge in [-0.25, -0.2) is 9.18 Å². The van der Waals surface area contributed by atoms with Gasteiger partial charge in [0.05, 0.1) is 9.95 Å². The molecule has 2 aromatic carbocycles. The Kier molecular flexibility index (Phi) is 6.40. The minimum Gasteiger partial charge on any atom is -0.452 e. The highest BCUT2D eigenvalue weighted by Gasteiger charge is 2.08. The lowest BCUT2D eigenvalue weighted by Gasteiger charge is -2.06. The highest BCUT2D eigenvalue weighted by atomic mass is 35.5. The molecule has 0 aromatic heterocycles. The number of hydrogen-bond acceptors (Lipinski definition) is 5. The number of non-ortho nitro benzene ring substituents is 1. The molecule has 1 amide bonds. The van der Waals surface area contributed by atoms with Crippen LogP contribution in [0.4, 0.5) is 15.8 Å². The standard InChI is InChI=1S/C17H12ClFN2O5/c18-14-9-12(5-6-15(14)19)20-16(22)10-26-17(23)7-4-11-2-1-3-13(8-11)21(24)25/h1-9H,10H2,(H,20,22)/b7-4+. The van der Waals surface area contributed by atoms with E-state index in [0.717, 1.165) is 12.1 Å². The monoisotopic (exact) mass is 378 g/mol. The molecule has 0 fully saturated rings. The van der Waals surface area contributed by atoms with Crippen molar-refractivity contribution in [3.63, 3.8) is 0 Å². The summed E-state index contributed by atoms with van der Waals surface area (Å²) in [5.41, 5.74) is 0.573. The second-order valence-corrected chi connectivity index (χ2v) is 5.38. The largest absolute Gasteiger partial charge is 0.452 e. The highest BCUT2D eigenvalue weighted by molar-refractivity contribution is 6.31. The minimum atomic E-state index is -0.802. The van der Waals surface area contributed by atoms with E-state index < -0.39 is 29.2 Å². The number of hydrogen-bond donors (Lipinski definition) is 1. The Bertz CT molecular complexity index is 885. The summed E-state index contributed by atoms with van der Waals surface area (Å²) in [5.74, 6) is -2.06. The van der Waals surface area contributed by atoms with E-state index in [1.54, 1.807) is 6.07 Å². The predicted molar refractivity (Wildman–Crippen MR) is 93.1 cm³/mol. The number of nitrogens with one attached hydrogen (secondary N) is 1. The molecular formula is C17H12ClFN2O5. The van der Waals surface area contributed by atoms with Gasteiger partial charge in [0.25, 0.3) is 11.6 Å². The minimum absolute atomic E-state index is 0.113. The number of carbonyl (C=O) groups is 2. The first-order chi connectivity index (χ1) is 12.3. The molecule has 0 aliphatic rings. The number of esters is 1. The molecule has 0 spiro atoms. The van der Waals surface area contributed by atoms with Crippen LogP contribution in [0.2, 0.25) is 5.02 Å². The smallest absolute Gasteiger partial charge is 0.331 e. The summed E-state index contributed by atoms with van der Waals surface area (Å²) in [7, 11) is 0. The Labute approximate surface area is 152 Å². The first-order valence-electron chi connectivity index (χ1n) is 7.19. The molecule has 2 aromatic rings. The van der Waals surface area contributed by atoms with Crippen molar-refractivity contribution in [2.75, 3.05) is 11.9 Å². The number of nitrogens with zero attached hydrogens (tertiary/aromatic N) is 1. The van der Waals surface area contributed by atoms with Crippen LogP contribution in [0.1, 0.15) is 5.56 Å². The van der Waals surface area contributed by atoms with Crippen LogP contribution in [0.25, 0.3) is 6.08 Å². The van der Waals surface area contributed by atoms with Crippen molar-refractivity contribution in [1.82, 2.24) is 0 Å². The Morgan fingerprint density at radius 3 is 2.73 bits per heavy atom. The SMILES string of the molecule is O=C(COC(=O)/C=C/c1cccc([N+](=O)[O-])c1)Nc1ccc(F)c(Cl)c1. The molecule has 9 heteroatoms. The molecule has 0 radical (unpaired) electrons. The zero-order valence-corrected chi connectivity index (χ0v) is 13.9. The molecule has 0 atom stereocenters. The van der Waals surface area contributed by atoms with Gasteiger partial charge in [-0.3, -0.25) is 14.9 Å². The van der Waals surface area contributed by atoms with Crippen LogP contribution in [0.5, 0.6) is 0 Å². The molecule has 0 aliphatic heterocycles. The fourth-order valence-corrected chi connectivity index (χ4v) is 2.04. The van der Waals surface area contributed by atoms with E-state index in [0.29, 0.717) is 5.56 Å². The van der Waals surface area contributed by atoms with E-state index >= 15 is 0 Å². The van der Waals surface area contributed by atoms with Crippen LogP contribution >= 0.6 is 11.6 Å². The van der Waals surface area contributed by atoms with Crippen molar-refractivity contribution in [2.45, 2.75) is 0 Å². The van der Waals surface area contributed by atoms with Gasteiger partial charge in [0.1, 0.15) is 5.82 Å². The number of amides is 1. The Hall–Kier alpha value is -3.26. The van der Waals surface area contributed by atoms with Crippen molar-refractivity contribution >= 4 is 40.9 Å². The lowest BCUT2D eigenvalue weighted by molar-refractivity contribution is -0.384. The van der Waals surface area contributed by atoms with Crippen LogP contribution in [-0.2, 0) is 14.3 Å². The number of nitro groups is 1. The van der Waals surface area contributed by atoms with Crippen molar-refractivity contribution in [3.05, 3.63) is 75.1 Å². The van der Waals surface area contributed by atoms with Gasteiger partial charge in [-0.1, -0.05) is 23.7 Å². The van der Waals surface area contributed by atoms with Crippen LogP contribution < -0.4 is 5.32 Å². The van der Waals surface area contributed by atoms with Gasteiger partial charge in [-0.05, 0) is 29.8 Å². The molecule has 134 valence electrons. The average Bonchev–Trinajstić information content (AvgIpc) is 2.61. The van der Waals surface area contributed by atoms with Crippen LogP contribution in [-0.4, -0.2) is 23.4 Å². The molecule has 26 heavy (non-hydrogen) atoms. The molecule has 0 unspecified atom stereocenters. The fourth-order valence-electron chi connectivity index (χ4n) is 1.86. The second kappa shape index (κ2) is 8.72. The van der Waals surface area contributed by atoms with Gasteiger partial charge in [0.2, 0.25) is 0 Å². The Morgan fingerprint density at radius 1 is 1.27 bits per heavy atom. The van der Waals surface area contributed by atoms with E-state index in [1.165, 1.54) is 36.4 Å². The molecule has 0 heterocycles. The third-order valence-electron chi connectivity index (χ3n) is 3.04. The third kappa shape index (κ3) is 5.67. The van der Waals surface area contributed by atoms with Gasteiger partial charge in [-0.2, -0.15) is 0 Å². The van der Waals surface area contributed by atoms with E-state index in [-0.39, 0.29) is 16.4 Å². The number of nitro benzene ring substituents is 1. The van der Waals surface area contributed by atoms with Gasteiger partial charge in [0, 0.05) is 23.9 Å². The Balaban J connectivity index is 1.85. The summed E-state index contributed by atoms with van der Waals surface area (Å²) in [5, 5.41) is 12.9. The first-order valence-corrected chi connectivity index (χ1v) is 7.57. The zero-order chi connectivity index (χ0) is 19.1. The van der Waals surface area contributed by atoms with E-state index in [9.17, 15) is 24.1 Å². The number of carbonyl (C=O) groups excluding carboxylic acids is 2. The zero-order valence-electron chi connectivity index (χ0n) is 13.1. The molecular weight excluding hydrogens is 367 g/mol. The second-order valence-electron chi connectivity index (χ2n) is 4.97. The average molecular weight is 379 g/mol. The number of anilines is 1. The molecule has 0 saturated heterocycles. The number of benzene rings is 2. The van der Waals surface area contributed by atoms with Crippen molar-refractivity contribution in [3.8, 4) is 0 Å². The van der Waals surface area contributed by atoms with Crippen molar-refractivity contribution < 1.29 is 23.6 Å². The maximum absolute atomic E-state index is 13.0. The summed E-state index contributed by atoms with van der Waals surface area (Å²) in [6.45, 7) is -0.562. The van der Waals surface area contributed by atoms with E-state index in [2.05, 4.69) is 5.32 Å². The normalized spacial score (nSPS) is 10.5. The molecule has 0 bridgehead atoms. The maximum atomic E-state index is 13.0. The lowest BCUT2D eigenvalue weighted by Crippen LogP contribution is -2.20. The van der Waals surface area contributed by atoms with Crippen LogP contribution in [0.15, 0.2) is 48.5 Å². The third-order valence-corrected chi connectivity index (χ3v) is 3.33. The van der Waals surface area contributed by atoms with Gasteiger partial charge in [-0.15, -0.1) is 0 Å². The quantitative estimate of drug-likeness (QED) is 0.358. The molecule has 7 nitrogen and oxygen atoms in total. The maximum Gasteiger partial charge on any atom is 0.331 e. The van der Waals surface area contributed by atoms with Crippen LogP contribution in [0.3, 0.4) is 0 Å². The van der Waals surface area contributed by atoms with Crippen molar-refractivity contribution in [1.29, 1.82) is 0 Å². The lowest BCUT2D eigenvalue weighted by atomic mass is 10.2.